The van der Waals surface area contributed by atoms with Crippen molar-refractivity contribution in [2.45, 2.75) is 0 Å². The van der Waals surface area contributed by atoms with Crippen molar-refractivity contribution in [3.63, 3.8) is 0 Å². The molecule has 1 aliphatic carbocycles. The van der Waals surface area contributed by atoms with Crippen molar-refractivity contribution < 1.29 is 0 Å². The van der Waals surface area contributed by atoms with Crippen LogP contribution in [0.5, 0.6) is 0 Å². The van der Waals surface area contributed by atoms with Crippen LogP contribution in [0.15, 0.2) is 255 Å². The van der Waals surface area contributed by atoms with Crippen molar-refractivity contribution in [3.8, 4) is 100 Å². The van der Waals surface area contributed by atoms with Crippen molar-refractivity contribution in [3.05, 3.63) is 255 Å². The molecule has 0 nitrogen and oxygen atoms in total. The van der Waals surface area contributed by atoms with Gasteiger partial charge in [0.1, 0.15) is 0 Å². The molecule has 0 aliphatic heterocycles. The third kappa shape index (κ3) is 6.30. The molecule has 0 fully saturated rings. The molecular weight excluding hydrogens is 793 g/mol. The predicted molar refractivity (Wildman–Crippen MR) is 281 cm³/mol. The van der Waals surface area contributed by atoms with Gasteiger partial charge in [0.05, 0.1) is 0 Å². The summed E-state index contributed by atoms with van der Waals surface area (Å²) in [6.07, 6.45) is 0. The van der Waals surface area contributed by atoms with E-state index in [0.717, 1.165) is 0 Å². The lowest BCUT2D eigenvalue weighted by Gasteiger charge is -2.18. The molecule has 66 heavy (non-hydrogen) atoms. The van der Waals surface area contributed by atoms with E-state index >= 15 is 0 Å². The summed E-state index contributed by atoms with van der Waals surface area (Å²) < 4.78 is 0. The third-order valence-corrected chi connectivity index (χ3v) is 13.8. The van der Waals surface area contributed by atoms with Crippen LogP contribution in [0, 0.1) is 0 Å². The first-order chi connectivity index (χ1) is 32.7. The van der Waals surface area contributed by atoms with Crippen LogP contribution in [0.3, 0.4) is 0 Å². The number of fused-ring (bicyclic) bond motifs is 5. The fourth-order valence-corrected chi connectivity index (χ4v) is 10.7. The summed E-state index contributed by atoms with van der Waals surface area (Å²) in [4.78, 5) is 0. The second-order valence-electron chi connectivity index (χ2n) is 17.5. The van der Waals surface area contributed by atoms with Crippen molar-refractivity contribution in [1.29, 1.82) is 0 Å². The van der Waals surface area contributed by atoms with E-state index in [-0.39, 0.29) is 0 Å². The number of benzene rings is 12. The first-order valence-electron chi connectivity index (χ1n) is 22.9. The highest BCUT2D eigenvalue weighted by atomic mass is 14.3. The second kappa shape index (κ2) is 15.6. The summed E-state index contributed by atoms with van der Waals surface area (Å²) >= 11 is 0. The van der Waals surface area contributed by atoms with Gasteiger partial charge in [-0.25, -0.2) is 0 Å². The van der Waals surface area contributed by atoms with Gasteiger partial charge in [-0.2, -0.15) is 0 Å². The summed E-state index contributed by atoms with van der Waals surface area (Å²) in [7, 11) is 0. The van der Waals surface area contributed by atoms with E-state index in [1.165, 1.54) is 132 Å². The van der Waals surface area contributed by atoms with E-state index < -0.39 is 0 Å². The van der Waals surface area contributed by atoms with Gasteiger partial charge in [-0.15, -0.1) is 0 Å². The maximum absolute atomic E-state index is 2.42. The van der Waals surface area contributed by atoms with Gasteiger partial charge >= 0.3 is 0 Å². The Morgan fingerprint density at radius 1 is 0.136 bits per heavy atom. The molecular formula is C66H42. The molecule has 0 unspecified atom stereocenters. The lowest BCUT2D eigenvalue weighted by Crippen LogP contribution is -1.91. The molecule has 0 aromatic heterocycles. The first kappa shape index (κ1) is 37.9. The van der Waals surface area contributed by atoms with Gasteiger partial charge in [-0.3, -0.25) is 0 Å². The Labute approximate surface area is 385 Å². The molecule has 0 saturated carbocycles. The maximum Gasteiger partial charge on any atom is -0.00201 e. The summed E-state index contributed by atoms with van der Waals surface area (Å²) in [5, 5.41) is 7.61. The number of hydrogen-bond acceptors (Lipinski definition) is 0. The van der Waals surface area contributed by atoms with Gasteiger partial charge in [-0.05, 0) is 169 Å². The quantitative estimate of drug-likeness (QED) is 0.150. The average molecular weight is 835 g/mol. The fraction of sp³-hybridized carbons (Fsp3) is 0. The van der Waals surface area contributed by atoms with Crippen LogP contribution < -0.4 is 0 Å². The average Bonchev–Trinajstić information content (AvgIpc) is 3.73. The van der Waals surface area contributed by atoms with E-state index in [9.17, 15) is 0 Å². The molecule has 0 saturated heterocycles. The van der Waals surface area contributed by atoms with Crippen molar-refractivity contribution in [2.24, 2.45) is 0 Å². The zero-order valence-corrected chi connectivity index (χ0v) is 36.2. The highest BCUT2D eigenvalue weighted by molar-refractivity contribution is 6.19. The van der Waals surface area contributed by atoms with Gasteiger partial charge in [0, 0.05) is 0 Å². The summed E-state index contributed by atoms with van der Waals surface area (Å²) in [5.41, 5.74) is 22.3. The second-order valence-corrected chi connectivity index (χ2v) is 17.5. The van der Waals surface area contributed by atoms with Crippen LogP contribution in [-0.4, -0.2) is 0 Å². The van der Waals surface area contributed by atoms with Crippen LogP contribution in [0.25, 0.3) is 132 Å². The molecule has 1 aliphatic rings. The molecule has 306 valence electrons. The smallest absolute Gasteiger partial charge is 0.00201 e. The Morgan fingerprint density at radius 3 is 0.985 bits per heavy atom. The van der Waals surface area contributed by atoms with E-state index in [1.54, 1.807) is 0 Å². The Kier molecular flexibility index (Phi) is 8.96. The molecule has 0 amide bonds. The lowest BCUT2D eigenvalue weighted by molar-refractivity contribution is 1.58. The van der Waals surface area contributed by atoms with Gasteiger partial charge in [-0.1, -0.05) is 218 Å². The van der Waals surface area contributed by atoms with E-state index in [0.29, 0.717) is 0 Å². The van der Waals surface area contributed by atoms with Crippen LogP contribution in [0.4, 0.5) is 0 Å². The zero-order valence-electron chi connectivity index (χ0n) is 36.2. The normalized spacial score (nSPS) is 11.6. The molecule has 0 heteroatoms. The van der Waals surface area contributed by atoms with Crippen molar-refractivity contribution in [1.82, 2.24) is 0 Å². The van der Waals surface area contributed by atoms with Crippen LogP contribution in [0.2, 0.25) is 0 Å². The minimum absolute atomic E-state index is 1.19. The maximum atomic E-state index is 2.42. The summed E-state index contributed by atoms with van der Waals surface area (Å²) in [6.45, 7) is 0. The monoisotopic (exact) mass is 834 g/mol. The fourth-order valence-electron chi connectivity index (χ4n) is 10.7. The van der Waals surface area contributed by atoms with Crippen LogP contribution in [0.1, 0.15) is 0 Å². The Balaban J connectivity index is 0.981. The van der Waals surface area contributed by atoms with E-state index in [1.807, 2.05) is 0 Å². The standard InChI is InChI=1S/C66H42/c1-4-17-43(18-5-1)52-29-14-32-56-53(30-15-31-55(52)56)48-25-12-23-46(37-48)50-39-62(44-19-6-2-7-20-44)65-42-51(40-63(64(65)41-50)45-21-8-3-9-22-45)47-24-13-26-49(38-47)54-35-36-61-58-28-11-10-27-57(58)60-34-16-33-59(54)66(60)61/h1-42H. The number of hydrogen-bond donors (Lipinski definition) is 0. The van der Waals surface area contributed by atoms with Crippen molar-refractivity contribution >= 4 is 32.3 Å². The third-order valence-electron chi connectivity index (χ3n) is 13.8. The van der Waals surface area contributed by atoms with E-state index in [4.69, 9.17) is 0 Å². The Hall–Kier alpha value is -8.58. The summed E-state index contributed by atoms with van der Waals surface area (Å²) in [6, 6.07) is 94.1. The minimum atomic E-state index is 1.19. The Morgan fingerprint density at radius 2 is 0.470 bits per heavy atom. The molecule has 0 N–H and O–H groups in total. The SMILES string of the molecule is c1ccc(-c2cccc3c(-c4cccc(-c5cc(-c6ccccc6)c6cc(-c7cccc(-c8ccc9c%10c(cccc8%10)-c8ccccc8-9)c7)cc(-c7ccccc7)c6c5)c4)cccc23)cc1. The van der Waals surface area contributed by atoms with Gasteiger partial charge < -0.3 is 0 Å². The van der Waals surface area contributed by atoms with Gasteiger partial charge in [0.2, 0.25) is 0 Å². The van der Waals surface area contributed by atoms with Crippen LogP contribution in [-0.2, 0) is 0 Å². The predicted octanol–water partition coefficient (Wildman–Crippen LogP) is 18.5. The molecule has 13 rings (SSSR count). The molecule has 12 aromatic rings. The summed E-state index contributed by atoms with van der Waals surface area (Å²) in [5.74, 6) is 0. The molecule has 12 aromatic carbocycles. The largest absolute Gasteiger partial charge is 0.0622 e. The highest BCUT2D eigenvalue weighted by Gasteiger charge is 2.23. The lowest BCUT2D eigenvalue weighted by atomic mass is 9.86. The highest BCUT2D eigenvalue weighted by Crippen LogP contribution is 2.50. The molecule has 0 bridgehead atoms. The Bertz CT molecular complexity index is 3810. The number of rotatable bonds is 7. The van der Waals surface area contributed by atoms with Gasteiger partial charge in [0.25, 0.3) is 0 Å². The van der Waals surface area contributed by atoms with Crippen LogP contribution >= 0.6 is 0 Å². The van der Waals surface area contributed by atoms with Gasteiger partial charge in [0.15, 0.2) is 0 Å². The van der Waals surface area contributed by atoms with E-state index in [2.05, 4.69) is 255 Å². The minimum Gasteiger partial charge on any atom is -0.0622 e. The van der Waals surface area contributed by atoms with Crippen molar-refractivity contribution in [2.75, 3.05) is 0 Å². The molecule has 0 heterocycles. The molecule has 0 atom stereocenters. The topological polar surface area (TPSA) is 0 Å². The molecule has 0 radical (unpaired) electrons. The molecule has 0 spiro atoms. The first-order valence-corrected chi connectivity index (χ1v) is 22.9. The zero-order chi connectivity index (χ0) is 43.6.